The lowest BCUT2D eigenvalue weighted by molar-refractivity contribution is -0.146. The Balaban J connectivity index is 1.55. The summed E-state index contributed by atoms with van der Waals surface area (Å²) >= 11 is 0. The van der Waals surface area contributed by atoms with Crippen molar-refractivity contribution in [3.05, 3.63) is 64.9 Å². The number of amides is 1. The van der Waals surface area contributed by atoms with Crippen LogP contribution < -0.4 is 5.32 Å². The molecule has 0 unspecified atom stereocenters. The second kappa shape index (κ2) is 7.44. The molecule has 26 heavy (non-hydrogen) atoms. The highest BCUT2D eigenvalue weighted by Gasteiger charge is 2.13. The molecule has 5 nitrogen and oxygen atoms in total. The van der Waals surface area contributed by atoms with Gasteiger partial charge in [0.1, 0.15) is 5.58 Å². The van der Waals surface area contributed by atoms with Crippen molar-refractivity contribution in [1.29, 1.82) is 0 Å². The Morgan fingerprint density at radius 1 is 1.04 bits per heavy atom. The fourth-order valence-corrected chi connectivity index (χ4v) is 2.82. The molecule has 0 spiro atoms. The average Bonchev–Trinajstić information content (AvgIpc) is 2.97. The predicted molar refractivity (Wildman–Crippen MR) is 100 cm³/mol. The number of rotatable bonds is 5. The van der Waals surface area contributed by atoms with Crippen LogP contribution in [0.15, 0.2) is 47.1 Å². The van der Waals surface area contributed by atoms with Crippen LogP contribution in [0.4, 0.5) is 5.69 Å². The molecule has 0 radical (unpaired) electrons. The molecule has 0 bridgehead atoms. The topological polar surface area (TPSA) is 68.5 Å². The van der Waals surface area contributed by atoms with Gasteiger partial charge in [0.2, 0.25) is 0 Å². The molecule has 0 saturated heterocycles. The van der Waals surface area contributed by atoms with Gasteiger partial charge in [0.25, 0.3) is 5.91 Å². The third-order valence-corrected chi connectivity index (χ3v) is 4.17. The summed E-state index contributed by atoms with van der Waals surface area (Å²) in [6.07, 6.45) is 1.62. The summed E-state index contributed by atoms with van der Waals surface area (Å²) < 4.78 is 10.6. The zero-order valence-corrected chi connectivity index (χ0v) is 15.1. The first kappa shape index (κ1) is 17.7. The van der Waals surface area contributed by atoms with Gasteiger partial charge in [0.05, 0.1) is 12.7 Å². The van der Waals surface area contributed by atoms with Crippen LogP contribution in [-0.4, -0.2) is 18.5 Å². The van der Waals surface area contributed by atoms with Crippen LogP contribution in [0.5, 0.6) is 0 Å². The van der Waals surface area contributed by atoms with Gasteiger partial charge in [-0.25, -0.2) is 0 Å². The highest BCUT2D eigenvalue weighted by molar-refractivity contribution is 5.94. The first-order valence-electron chi connectivity index (χ1n) is 8.42. The first-order chi connectivity index (χ1) is 12.4. The molecule has 0 aliphatic rings. The number of hydrogen-bond acceptors (Lipinski definition) is 4. The highest BCUT2D eigenvalue weighted by atomic mass is 16.5. The molecule has 0 saturated carbocycles. The molecule has 0 aliphatic heterocycles. The Labute approximate surface area is 152 Å². The largest absolute Gasteiger partial charge is 0.464 e. The lowest BCUT2D eigenvalue weighted by Crippen LogP contribution is -2.22. The van der Waals surface area contributed by atoms with E-state index in [-0.39, 0.29) is 18.9 Å². The van der Waals surface area contributed by atoms with Crippen LogP contribution in [0.1, 0.15) is 22.3 Å². The molecule has 134 valence electrons. The smallest absolute Gasteiger partial charge is 0.310 e. The van der Waals surface area contributed by atoms with Crippen molar-refractivity contribution in [2.45, 2.75) is 27.2 Å². The number of nitrogens with one attached hydrogen (secondary N) is 1. The van der Waals surface area contributed by atoms with Gasteiger partial charge in [-0.15, -0.1) is 0 Å². The van der Waals surface area contributed by atoms with Crippen LogP contribution in [0.25, 0.3) is 11.0 Å². The van der Waals surface area contributed by atoms with Gasteiger partial charge in [0.15, 0.2) is 6.61 Å². The van der Waals surface area contributed by atoms with E-state index in [0.717, 1.165) is 33.2 Å². The Kier molecular flexibility index (Phi) is 5.07. The number of fused-ring (bicyclic) bond motifs is 1. The second-order valence-corrected chi connectivity index (χ2v) is 6.46. The zero-order chi connectivity index (χ0) is 18.7. The van der Waals surface area contributed by atoms with E-state index in [4.69, 9.17) is 9.15 Å². The molecular weight excluding hydrogens is 330 g/mol. The minimum atomic E-state index is -0.468. The van der Waals surface area contributed by atoms with Crippen LogP contribution in [0.2, 0.25) is 0 Å². The van der Waals surface area contributed by atoms with E-state index in [0.29, 0.717) is 5.69 Å². The summed E-state index contributed by atoms with van der Waals surface area (Å²) in [7, 11) is 0. The minimum Gasteiger partial charge on any atom is -0.464 e. The van der Waals surface area contributed by atoms with E-state index < -0.39 is 5.97 Å². The molecule has 2 aromatic carbocycles. The number of esters is 1. The predicted octanol–water partition coefficient (Wildman–Crippen LogP) is 4.08. The maximum Gasteiger partial charge on any atom is 0.310 e. The van der Waals surface area contributed by atoms with E-state index in [1.807, 2.05) is 57.2 Å². The van der Waals surface area contributed by atoms with Crippen molar-refractivity contribution in [2.24, 2.45) is 0 Å². The van der Waals surface area contributed by atoms with E-state index in [2.05, 4.69) is 5.32 Å². The molecule has 1 heterocycles. The van der Waals surface area contributed by atoms with Gasteiger partial charge >= 0.3 is 5.97 Å². The highest BCUT2D eigenvalue weighted by Crippen LogP contribution is 2.23. The second-order valence-electron chi connectivity index (χ2n) is 6.46. The molecular formula is C21H21NO4. The molecule has 3 rings (SSSR count). The van der Waals surface area contributed by atoms with Gasteiger partial charge in [0, 0.05) is 16.6 Å². The van der Waals surface area contributed by atoms with Crippen molar-refractivity contribution in [1.82, 2.24) is 0 Å². The van der Waals surface area contributed by atoms with Crippen molar-refractivity contribution >= 4 is 28.5 Å². The van der Waals surface area contributed by atoms with E-state index in [9.17, 15) is 9.59 Å². The number of anilines is 1. The lowest BCUT2D eigenvalue weighted by atomic mass is 10.1. The number of carbonyl (C=O) groups is 2. The summed E-state index contributed by atoms with van der Waals surface area (Å²) in [5.41, 5.74) is 5.37. The monoisotopic (exact) mass is 351 g/mol. The molecule has 1 N–H and O–H groups in total. The number of hydrogen-bond donors (Lipinski definition) is 1. The number of aryl methyl sites for hydroxylation is 3. The van der Waals surface area contributed by atoms with Crippen LogP contribution in [0.3, 0.4) is 0 Å². The third kappa shape index (κ3) is 4.11. The zero-order valence-electron chi connectivity index (χ0n) is 15.1. The number of ether oxygens (including phenoxy) is 1. The number of benzene rings is 2. The molecule has 3 aromatic rings. The summed E-state index contributed by atoms with van der Waals surface area (Å²) in [5, 5.41) is 3.63. The van der Waals surface area contributed by atoms with Crippen molar-refractivity contribution < 1.29 is 18.7 Å². The Hall–Kier alpha value is -3.08. The van der Waals surface area contributed by atoms with Crippen LogP contribution in [-0.2, 0) is 20.7 Å². The van der Waals surface area contributed by atoms with Crippen molar-refractivity contribution in [3.63, 3.8) is 0 Å². The SMILES string of the molecule is Cc1ccc(NC(=O)COC(=O)Cc2coc3cc(C)ccc23)c(C)c1. The quantitative estimate of drug-likeness (QED) is 0.703. The maximum absolute atomic E-state index is 12.0. The Bertz CT molecular complexity index is 971. The van der Waals surface area contributed by atoms with Gasteiger partial charge in [-0.1, -0.05) is 29.8 Å². The summed E-state index contributed by atoms with van der Waals surface area (Å²) in [5.74, 6) is -0.831. The molecule has 1 aromatic heterocycles. The molecule has 1 amide bonds. The first-order valence-corrected chi connectivity index (χ1v) is 8.42. The number of carbonyl (C=O) groups excluding carboxylic acids is 2. The fourth-order valence-electron chi connectivity index (χ4n) is 2.82. The molecule has 0 aliphatic carbocycles. The normalized spacial score (nSPS) is 10.7. The average molecular weight is 351 g/mol. The maximum atomic E-state index is 12.0. The van der Waals surface area contributed by atoms with E-state index in [1.54, 1.807) is 6.26 Å². The standard InChI is InChI=1S/C21H21NO4/c1-13-5-7-18(15(3)8-13)22-20(23)12-26-21(24)10-16-11-25-19-9-14(2)4-6-17(16)19/h4-9,11H,10,12H2,1-3H3,(H,22,23). The van der Waals surface area contributed by atoms with Crippen molar-refractivity contribution in [2.75, 3.05) is 11.9 Å². The third-order valence-electron chi connectivity index (χ3n) is 4.17. The molecule has 0 atom stereocenters. The molecule has 5 heteroatoms. The molecule has 0 fully saturated rings. The number of furan rings is 1. The Morgan fingerprint density at radius 2 is 1.77 bits per heavy atom. The fraction of sp³-hybridized carbons (Fsp3) is 0.238. The Morgan fingerprint density at radius 3 is 2.54 bits per heavy atom. The van der Waals surface area contributed by atoms with Gasteiger partial charge in [-0.05, 0) is 44.0 Å². The lowest BCUT2D eigenvalue weighted by Gasteiger charge is -2.09. The van der Waals surface area contributed by atoms with Gasteiger partial charge in [-0.3, -0.25) is 9.59 Å². The van der Waals surface area contributed by atoms with Crippen LogP contribution in [0, 0.1) is 20.8 Å². The summed E-state index contributed by atoms with van der Waals surface area (Å²) in [6.45, 7) is 5.56. The van der Waals surface area contributed by atoms with Crippen LogP contribution >= 0.6 is 0 Å². The van der Waals surface area contributed by atoms with Crippen molar-refractivity contribution in [3.8, 4) is 0 Å². The summed E-state index contributed by atoms with van der Waals surface area (Å²) in [6, 6.07) is 11.5. The van der Waals surface area contributed by atoms with E-state index in [1.165, 1.54) is 0 Å². The van der Waals surface area contributed by atoms with Gasteiger partial charge < -0.3 is 14.5 Å². The minimum absolute atomic E-state index is 0.0624. The summed E-state index contributed by atoms with van der Waals surface area (Å²) in [4.78, 5) is 24.0. The van der Waals surface area contributed by atoms with E-state index >= 15 is 0 Å². The van der Waals surface area contributed by atoms with Gasteiger partial charge in [-0.2, -0.15) is 0 Å².